The SMILES string of the molecule is Cn1cc(S(=O)(=O)Nc2ccc(Br)cc2F)c(N)n1. The third-order valence-corrected chi connectivity index (χ3v) is 4.16. The fraction of sp³-hybridized carbons (Fsp3) is 0.100. The smallest absolute Gasteiger partial charge is 0.267 e. The first kappa shape index (κ1) is 13.8. The molecular formula is C10H10BrFN4O2S. The van der Waals surface area contributed by atoms with Crippen LogP contribution in [0.2, 0.25) is 0 Å². The van der Waals surface area contributed by atoms with Gasteiger partial charge < -0.3 is 5.73 Å². The summed E-state index contributed by atoms with van der Waals surface area (Å²) in [5.74, 6) is -0.840. The van der Waals surface area contributed by atoms with Gasteiger partial charge in [-0.1, -0.05) is 15.9 Å². The van der Waals surface area contributed by atoms with Crippen molar-refractivity contribution in [1.82, 2.24) is 9.78 Å². The second-order valence-corrected chi connectivity index (χ2v) is 6.35. The summed E-state index contributed by atoms with van der Waals surface area (Å²) in [5, 5.41) is 3.73. The number of rotatable bonds is 3. The Bertz CT molecular complexity index is 729. The van der Waals surface area contributed by atoms with Gasteiger partial charge in [0.25, 0.3) is 10.0 Å². The number of nitrogens with two attached hydrogens (primary N) is 1. The number of hydrogen-bond donors (Lipinski definition) is 2. The highest BCUT2D eigenvalue weighted by atomic mass is 79.9. The molecule has 6 nitrogen and oxygen atoms in total. The Morgan fingerprint density at radius 3 is 2.68 bits per heavy atom. The van der Waals surface area contributed by atoms with E-state index in [1.54, 1.807) is 0 Å². The molecule has 9 heteroatoms. The van der Waals surface area contributed by atoms with Crippen molar-refractivity contribution in [2.45, 2.75) is 4.90 Å². The van der Waals surface area contributed by atoms with Crippen LogP contribution in [0.15, 0.2) is 33.8 Å². The monoisotopic (exact) mass is 348 g/mol. The zero-order chi connectivity index (χ0) is 14.2. The quantitative estimate of drug-likeness (QED) is 0.883. The maximum Gasteiger partial charge on any atom is 0.267 e. The summed E-state index contributed by atoms with van der Waals surface area (Å²) in [6.07, 6.45) is 1.24. The molecule has 19 heavy (non-hydrogen) atoms. The summed E-state index contributed by atoms with van der Waals surface area (Å²) in [5.41, 5.74) is 5.33. The molecule has 1 aromatic heterocycles. The van der Waals surface area contributed by atoms with Crippen LogP contribution in [0.4, 0.5) is 15.9 Å². The highest BCUT2D eigenvalue weighted by Gasteiger charge is 2.21. The molecule has 0 saturated heterocycles. The van der Waals surface area contributed by atoms with Gasteiger partial charge in [-0.2, -0.15) is 5.10 Å². The largest absolute Gasteiger partial charge is 0.381 e. The van der Waals surface area contributed by atoms with Gasteiger partial charge in [-0.3, -0.25) is 9.40 Å². The van der Waals surface area contributed by atoms with Gasteiger partial charge in [0.05, 0.1) is 5.69 Å². The number of hydrogen-bond acceptors (Lipinski definition) is 4. The number of nitrogen functional groups attached to an aromatic ring is 1. The fourth-order valence-corrected chi connectivity index (χ4v) is 2.97. The lowest BCUT2D eigenvalue weighted by Gasteiger charge is -2.08. The Kier molecular flexibility index (Phi) is 3.50. The molecule has 2 aromatic rings. The predicted octanol–water partition coefficient (Wildman–Crippen LogP) is 1.70. The zero-order valence-electron chi connectivity index (χ0n) is 9.76. The summed E-state index contributed by atoms with van der Waals surface area (Å²) in [4.78, 5) is -0.197. The Balaban J connectivity index is 2.39. The lowest BCUT2D eigenvalue weighted by Crippen LogP contribution is -2.14. The maximum absolute atomic E-state index is 13.6. The van der Waals surface area contributed by atoms with Crippen LogP contribution in [0.3, 0.4) is 0 Å². The molecule has 2 rings (SSSR count). The molecule has 1 aromatic carbocycles. The average Bonchev–Trinajstić information content (AvgIpc) is 2.63. The first-order valence-electron chi connectivity index (χ1n) is 5.06. The van der Waals surface area contributed by atoms with Crippen molar-refractivity contribution in [3.05, 3.63) is 34.7 Å². The van der Waals surface area contributed by atoms with Crippen LogP contribution in [0.25, 0.3) is 0 Å². The number of aryl methyl sites for hydroxylation is 1. The van der Waals surface area contributed by atoms with E-state index in [1.807, 2.05) is 0 Å². The summed E-state index contributed by atoms with van der Waals surface area (Å²) in [6, 6.07) is 3.99. The second kappa shape index (κ2) is 4.82. The van der Waals surface area contributed by atoms with Crippen LogP contribution >= 0.6 is 15.9 Å². The first-order chi connectivity index (χ1) is 8.79. The van der Waals surface area contributed by atoms with E-state index in [-0.39, 0.29) is 16.4 Å². The maximum atomic E-state index is 13.6. The summed E-state index contributed by atoms with van der Waals surface area (Å²) in [7, 11) is -2.43. The highest BCUT2D eigenvalue weighted by Crippen LogP contribution is 2.24. The van der Waals surface area contributed by atoms with Gasteiger partial charge in [0.15, 0.2) is 5.82 Å². The number of aromatic nitrogens is 2. The highest BCUT2D eigenvalue weighted by molar-refractivity contribution is 9.10. The van der Waals surface area contributed by atoms with Crippen LogP contribution in [-0.2, 0) is 17.1 Å². The number of sulfonamides is 1. The van der Waals surface area contributed by atoms with E-state index >= 15 is 0 Å². The summed E-state index contributed by atoms with van der Waals surface area (Å²) in [6.45, 7) is 0. The molecule has 0 fully saturated rings. The molecule has 1 heterocycles. The van der Waals surface area contributed by atoms with Crippen LogP contribution in [0.5, 0.6) is 0 Å². The topological polar surface area (TPSA) is 90.0 Å². The minimum atomic E-state index is -3.97. The van der Waals surface area contributed by atoms with Crippen molar-refractivity contribution < 1.29 is 12.8 Å². The number of halogens is 2. The van der Waals surface area contributed by atoms with Crippen molar-refractivity contribution >= 4 is 37.5 Å². The Morgan fingerprint density at radius 1 is 1.47 bits per heavy atom. The molecule has 0 radical (unpaired) electrons. The van der Waals surface area contributed by atoms with E-state index in [4.69, 9.17) is 5.73 Å². The molecule has 0 aliphatic rings. The normalized spacial score (nSPS) is 11.5. The molecule has 0 unspecified atom stereocenters. The van der Waals surface area contributed by atoms with E-state index in [1.165, 1.54) is 30.1 Å². The molecule has 0 spiro atoms. The van der Waals surface area contributed by atoms with Gasteiger partial charge in [0.2, 0.25) is 0 Å². The van der Waals surface area contributed by atoms with Crippen molar-refractivity contribution in [2.75, 3.05) is 10.5 Å². The molecule has 102 valence electrons. The number of nitrogens with zero attached hydrogens (tertiary/aromatic N) is 2. The molecule has 0 atom stereocenters. The van der Waals surface area contributed by atoms with Crippen molar-refractivity contribution in [1.29, 1.82) is 0 Å². The lowest BCUT2D eigenvalue weighted by atomic mass is 10.3. The van der Waals surface area contributed by atoms with E-state index in [0.717, 1.165) is 6.07 Å². The third kappa shape index (κ3) is 2.87. The fourth-order valence-electron chi connectivity index (χ4n) is 1.46. The molecule has 0 aliphatic carbocycles. The zero-order valence-corrected chi connectivity index (χ0v) is 12.2. The molecule has 0 aliphatic heterocycles. The van der Waals surface area contributed by atoms with Gasteiger partial charge in [-0.05, 0) is 18.2 Å². The Morgan fingerprint density at radius 2 is 2.16 bits per heavy atom. The van der Waals surface area contributed by atoms with Crippen molar-refractivity contribution in [2.24, 2.45) is 7.05 Å². The Labute approximate surface area is 117 Å². The first-order valence-corrected chi connectivity index (χ1v) is 7.34. The number of benzene rings is 1. The Hall–Kier alpha value is -1.61. The minimum absolute atomic E-state index is 0.146. The molecule has 3 N–H and O–H groups in total. The van der Waals surface area contributed by atoms with E-state index in [2.05, 4.69) is 25.8 Å². The molecular weight excluding hydrogens is 339 g/mol. The van der Waals surface area contributed by atoms with Gasteiger partial charge in [-0.25, -0.2) is 12.8 Å². The van der Waals surface area contributed by atoms with Crippen LogP contribution in [0.1, 0.15) is 0 Å². The van der Waals surface area contributed by atoms with Crippen LogP contribution in [-0.4, -0.2) is 18.2 Å². The second-order valence-electron chi connectivity index (χ2n) is 3.78. The van der Waals surface area contributed by atoms with E-state index < -0.39 is 15.8 Å². The van der Waals surface area contributed by atoms with Gasteiger partial charge in [0, 0.05) is 17.7 Å². The van der Waals surface area contributed by atoms with Crippen LogP contribution < -0.4 is 10.5 Å². The van der Waals surface area contributed by atoms with Crippen LogP contribution in [0, 0.1) is 5.82 Å². The van der Waals surface area contributed by atoms with Crippen molar-refractivity contribution in [3.8, 4) is 0 Å². The molecule has 0 amide bonds. The predicted molar refractivity (Wildman–Crippen MR) is 72.5 cm³/mol. The number of nitrogens with one attached hydrogen (secondary N) is 1. The van der Waals surface area contributed by atoms with E-state index in [0.29, 0.717) is 4.47 Å². The van der Waals surface area contributed by atoms with Crippen molar-refractivity contribution in [3.63, 3.8) is 0 Å². The molecule has 0 bridgehead atoms. The minimum Gasteiger partial charge on any atom is -0.381 e. The number of anilines is 2. The van der Waals surface area contributed by atoms with E-state index in [9.17, 15) is 12.8 Å². The summed E-state index contributed by atoms with van der Waals surface area (Å²) < 4.78 is 41.6. The third-order valence-electron chi connectivity index (χ3n) is 2.29. The average molecular weight is 349 g/mol. The van der Waals surface area contributed by atoms with Gasteiger partial charge in [-0.15, -0.1) is 0 Å². The molecule has 0 saturated carbocycles. The standard InChI is InChI=1S/C10H10BrFN4O2S/c1-16-5-9(10(13)14-16)19(17,18)15-8-3-2-6(11)4-7(8)12/h2-5,15H,1H3,(H2,13,14). The van der Waals surface area contributed by atoms with Gasteiger partial charge >= 0.3 is 0 Å². The lowest BCUT2D eigenvalue weighted by molar-refractivity contribution is 0.598. The summed E-state index contributed by atoms with van der Waals surface area (Å²) >= 11 is 3.09. The van der Waals surface area contributed by atoms with Gasteiger partial charge in [0.1, 0.15) is 10.7 Å².